The van der Waals surface area contributed by atoms with Gasteiger partial charge >= 0.3 is 6.09 Å². The lowest BCUT2D eigenvalue weighted by molar-refractivity contribution is 0.0696. The van der Waals surface area contributed by atoms with Crippen LogP contribution < -0.4 is 0 Å². The topological polar surface area (TPSA) is 62.1 Å². The van der Waals surface area contributed by atoms with Crippen molar-refractivity contribution in [2.45, 2.75) is 55.7 Å². The molecule has 1 saturated carbocycles. The van der Waals surface area contributed by atoms with Gasteiger partial charge in [-0.05, 0) is 37.6 Å². The molecule has 1 aromatic rings. The Kier molecular flexibility index (Phi) is 6.92. The normalized spacial score (nSPS) is 27.6. The molecular formula is C20H26BrF3N2O3SSi. The number of nitrogens with zero attached hydrogens (tertiary/aromatic N) is 2. The first-order valence-electron chi connectivity index (χ1n) is 9.91. The smallest absolute Gasteiger partial charge is 0.415 e. The van der Waals surface area contributed by atoms with E-state index < -0.39 is 42.6 Å². The Bertz CT molecular complexity index is 901. The molecule has 3 atom stereocenters. The van der Waals surface area contributed by atoms with Crippen molar-refractivity contribution in [1.82, 2.24) is 4.90 Å². The van der Waals surface area contributed by atoms with Crippen molar-refractivity contribution < 1.29 is 27.8 Å². The van der Waals surface area contributed by atoms with Crippen LogP contribution in [0.25, 0.3) is 0 Å². The minimum Gasteiger partial charge on any atom is -0.465 e. The van der Waals surface area contributed by atoms with Crippen molar-refractivity contribution >= 4 is 47.0 Å². The summed E-state index contributed by atoms with van der Waals surface area (Å²) in [6.45, 7) is 8.17. The summed E-state index contributed by atoms with van der Waals surface area (Å²) in [5.74, 6) is -1.18. The molecule has 1 fully saturated rings. The molecule has 1 aliphatic heterocycles. The van der Waals surface area contributed by atoms with Crippen molar-refractivity contribution in [3.05, 3.63) is 34.1 Å². The van der Waals surface area contributed by atoms with Crippen LogP contribution in [0, 0.1) is 11.7 Å². The van der Waals surface area contributed by atoms with Crippen LogP contribution in [0.5, 0.6) is 0 Å². The van der Waals surface area contributed by atoms with Gasteiger partial charge in [-0.1, -0.05) is 47.3 Å². The Morgan fingerprint density at radius 2 is 2.13 bits per heavy atom. The number of benzene rings is 1. The van der Waals surface area contributed by atoms with Crippen molar-refractivity contribution in [2.75, 3.05) is 13.3 Å². The zero-order valence-electron chi connectivity index (χ0n) is 17.8. The Morgan fingerprint density at radius 1 is 1.45 bits per heavy atom. The van der Waals surface area contributed by atoms with Crippen LogP contribution in [-0.4, -0.2) is 53.9 Å². The number of halogens is 4. The molecule has 3 rings (SSSR count). The van der Waals surface area contributed by atoms with Gasteiger partial charge in [-0.25, -0.2) is 22.9 Å². The van der Waals surface area contributed by atoms with E-state index >= 15 is 0 Å². The van der Waals surface area contributed by atoms with E-state index in [-0.39, 0.29) is 23.9 Å². The molecule has 5 nitrogen and oxygen atoms in total. The summed E-state index contributed by atoms with van der Waals surface area (Å²) in [7, 11) is -1.38. The summed E-state index contributed by atoms with van der Waals surface area (Å²) < 4.78 is 47.6. The maximum Gasteiger partial charge on any atom is 0.415 e. The number of ether oxygens (including phenoxy) is 1. The number of hydrogen-bond acceptors (Lipinski definition) is 4. The van der Waals surface area contributed by atoms with Gasteiger partial charge in [0.25, 0.3) is 6.43 Å². The van der Waals surface area contributed by atoms with Crippen LogP contribution in [0.2, 0.25) is 25.7 Å². The summed E-state index contributed by atoms with van der Waals surface area (Å²) in [4.78, 5) is 17.3. The van der Waals surface area contributed by atoms with E-state index in [9.17, 15) is 23.1 Å². The van der Waals surface area contributed by atoms with Gasteiger partial charge in [0.05, 0.1) is 10.3 Å². The van der Waals surface area contributed by atoms with E-state index in [0.717, 1.165) is 22.7 Å². The van der Waals surface area contributed by atoms with Gasteiger partial charge in [0.15, 0.2) is 5.17 Å². The molecule has 0 spiro atoms. The van der Waals surface area contributed by atoms with Crippen molar-refractivity contribution in [3.8, 4) is 0 Å². The summed E-state index contributed by atoms with van der Waals surface area (Å²) in [6.07, 6.45) is -3.93. The number of hydrogen-bond donors (Lipinski definition) is 1. The maximum absolute atomic E-state index is 14.7. The highest BCUT2D eigenvalue weighted by atomic mass is 79.9. The van der Waals surface area contributed by atoms with Gasteiger partial charge in [0, 0.05) is 30.6 Å². The number of amidine groups is 1. The van der Waals surface area contributed by atoms with Crippen LogP contribution in [-0.2, 0) is 10.3 Å². The molecule has 0 saturated heterocycles. The van der Waals surface area contributed by atoms with Gasteiger partial charge in [-0.2, -0.15) is 0 Å². The van der Waals surface area contributed by atoms with Gasteiger partial charge < -0.3 is 9.84 Å². The average Bonchev–Trinajstić information content (AvgIpc) is 3.39. The van der Waals surface area contributed by atoms with E-state index in [0.29, 0.717) is 11.1 Å². The molecule has 1 N–H and O–H groups in total. The second kappa shape index (κ2) is 8.72. The Hall–Kier alpha value is -1.04. The van der Waals surface area contributed by atoms with Crippen molar-refractivity contribution in [1.29, 1.82) is 0 Å². The number of amides is 1. The van der Waals surface area contributed by atoms with Gasteiger partial charge in [-0.15, -0.1) is 0 Å². The zero-order valence-corrected chi connectivity index (χ0v) is 21.2. The molecule has 1 aromatic carbocycles. The van der Waals surface area contributed by atoms with Crippen LogP contribution >= 0.6 is 27.7 Å². The fraction of sp³-hybridized carbons (Fsp3) is 0.600. The summed E-state index contributed by atoms with van der Waals surface area (Å²) in [6, 6.07) is 5.14. The SMILES string of the molecule is C[C@]1(c2cc(Br)ccc2F)N=C(N(COCC[Si](C)(C)C)C(=O)O)S[C@@]2(C(F)F)C[C@@H]12. The maximum atomic E-state index is 14.7. The van der Waals surface area contributed by atoms with E-state index in [2.05, 4.69) is 40.6 Å². The first kappa shape index (κ1) is 24.6. The second-order valence-electron chi connectivity index (χ2n) is 9.34. The third-order valence-corrected chi connectivity index (χ3v) is 9.46. The lowest BCUT2D eigenvalue weighted by Crippen LogP contribution is -2.45. The summed E-state index contributed by atoms with van der Waals surface area (Å²) in [5.41, 5.74) is -1.16. The molecule has 2 aliphatic rings. The molecule has 0 bridgehead atoms. The molecule has 31 heavy (non-hydrogen) atoms. The molecule has 172 valence electrons. The van der Waals surface area contributed by atoms with E-state index in [1.807, 2.05) is 0 Å². The fourth-order valence-corrected chi connectivity index (χ4v) is 6.42. The number of alkyl halides is 2. The van der Waals surface area contributed by atoms with Crippen LogP contribution in [0.3, 0.4) is 0 Å². The highest BCUT2D eigenvalue weighted by Crippen LogP contribution is 2.68. The molecule has 0 aromatic heterocycles. The third kappa shape index (κ3) is 4.99. The highest BCUT2D eigenvalue weighted by Gasteiger charge is 2.71. The number of fused-ring (bicyclic) bond motifs is 1. The Labute approximate surface area is 193 Å². The van der Waals surface area contributed by atoms with Crippen molar-refractivity contribution in [3.63, 3.8) is 0 Å². The van der Waals surface area contributed by atoms with E-state index in [4.69, 9.17) is 4.74 Å². The predicted octanol–water partition coefficient (Wildman–Crippen LogP) is 6.22. The highest BCUT2D eigenvalue weighted by molar-refractivity contribution is 9.10. The number of thioether (sulfide) groups is 1. The van der Waals surface area contributed by atoms with E-state index in [1.54, 1.807) is 6.92 Å². The minimum absolute atomic E-state index is 0.0866. The van der Waals surface area contributed by atoms with Crippen LogP contribution in [0.4, 0.5) is 18.0 Å². The van der Waals surface area contributed by atoms with Crippen LogP contribution in [0.15, 0.2) is 27.7 Å². The summed E-state index contributed by atoms with van der Waals surface area (Å²) >= 11 is 4.06. The molecular weight excluding hydrogens is 513 g/mol. The molecule has 0 radical (unpaired) electrons. The molecule has 1 aliphatic carbocycles. The zero-order chi connectivity index (χ0) is 23.2. The molecule has 1 heterocycles. The number of rotatable bonds is 7. The molecule has 0 unspecified atom stereocenters. The fourth-order valence-electron chi connectivity index (χ4n) is 3.78. The third-order valence-electron chi connectivity index (χ3n) is 5.76. The van der Waals surface area contributed by atoms with Crippen LogP contribution in [0.1, 0.15) is 18.9 Å². The van der Waals surface area contributed by atoms with Gasteiger partial charge in [0.1, 0.15) is 12.5 Å². The first-order valence-corrected chi connectivity index (χ1v) is 15.2. The molecule has 1 amide bonds. The first-order chi connectivity index (χ1) is 14.3. The standard InChI is InChI=1S/C20H26BrF3N2O3SSi/c1-19(13-9-12(21)5-6-14(13)22)15-10-20(15,16(23)24)30-17(25-19)26(18(27)28)11-29-7-8-31(2,3)4/h5-6,9,15-16H,7-8,10-11H2,1-4H3,(H,27,28)/t15-,19+,20-/m0/s1. The number of aliphatic imine (C=N–C) groups is 1. The van der Waals surface area contributed by atoms with E-state index in [1.165, 1.54) is 18.2 Å². The number of carboxylic acid groups (broad SMARTS) is 1. The minimum atomic E-state index is -2.70. The average molecular weight is 539 g/mol. The Balaban J connectivity index is 1.95. The van der Waals surface area contributed by atoms with Crippen molar-refractivity contribution in [2.24, 2.45) is 10.9 Å². The Morgan fingerprint density at radius 3 is 2.71 bits per heavy atom. The monoisotopic (exact) mass is 538 g/mol. The summed E-state index contributed by atoms with van der Waals surface area (Å²) in [5, 5.41) is 9.65. The lowest BCUT2D eigenvalue weighted by atomic mass is 9.86. The second-order valence-corrected chi connectivity index (χ2v) is 17.2. The predicted molar refractivity (Wildman–Crippen MR) is 122 cm³/mol. The quantitative estimate of drug-likeness (QED) is 0.254. The van der Waals surface area contributed by atoms with Gasteiger partial charge in [0.2, 0.25) is 0 Å². The number of carbonyl (C=O) groups is 1. The largest absolute Gasteiger partial charge is 0.465 e. The molecule has 11 heteroatoms. The lowest BCUT2D eigenvalue weighted by Gasteiger charge is -2.37. The van der Waals surface area contributed by atoms with Gasteiger partial charge in [-0.3, -0.25) is 4.99 Å².